The van der Waals surface area contributed by atoms with Crippen LogP contribution in [-0.4, -0.2) is 12.6 Å². The fourth-order valence-corrected chi connectivity index (χ4v) is 1.30. The third kappa shape index (κ3) is 2.08. The first-order chi connectivity index (χ1) is 5.16. The minimum absolute atomic E-state index is 0.293. The summed E-state index contributed by atoms with van der Waals surface area (Å²) >= 11 is 0. The Bertz CT molecular complexity index is 154. The third-order valence-corrected chi connectivity index (χ3v) is 2.37. The summed E-state index contributed by atoms with van der Waals surface area (Å²) in [6.45, 7) is 2.91. The first kappa shape index (κ1) is 8.33. The molecule has 0 unspecified atom stereocenters. The molecule has 0 aromatic carbocycles. The molecule has 1 fully saturated rings. The van der Waals surface area contributed by atoms with Crippen LogP contribution in [0.15, 0.2) is 0 Å². The van der Waals surface area contributed by atoms with Crippen LogP contribution in [0, 0.1) is 5.41 Å². The highest BCUT2D eigenvalue weighted by molar-refractivity contribution is 5.73. The molecule has 0 heterocycles. The molecule has 0 radical (unpaired) electrons. The topological polar surface area (TPSA) is 67.2 Å². The van der Waals surface area contributed by atoms with Crippen LogP contribution in [0.25, 0.3) is 0 Å². The highest BCUT2D eigenvalue weighted by Gasteiger charge is 2.31. The van der Waals surface area contributed by atoms with Gasteiger partial charge in [-0.05, 0) is 18.3 Å². The molecule has 0 bridgehead atoms. The Morgan fingerprint density at radius 3 is 2.64 bits per heavy atom. The molecule has 0 saturated heterocycles. The molecule has 4 N–H and O–H groups in total. The number of amides is 2. The summed E-state index contributed by atoms with van der Waals surface area (Å²) in [6.07, 6.45) is 3.69. The van der Waals surface area contributed by atoms with Gasteiger partial charge < -0.3 is 5.32 Å². The van der Waals surface area contributed by atoms with Crippen LogP contribution in [0.1, 0.15) is 26.2 Å². The Balaban J connectivity index is 2.16. The maximum absolute atomic E-state index is 10.7. The van der Waals surface area contributed by atoms with Crippen molar-refractivity contribution in [2.45, 2.75) is 26.2 Å². The third-order valence-electron chi connectivity index (χ3n) is 2.37. The fourth-order valence-electron chi connectivity index (χ4n) is 1.30. The minimum Gasteiger partial charge on any atom is -0.337 e. The molecule has 0 atom stereocenters. The lowest BCUT2D eigenvalue weighted by molar-refractivity contribution is 0.157. The molecule has 0 spiro atoms. The van der Waals surface area contributed by atoms with E-state index in [1.807, 2.05) is 5.43 Å². The van der Waals surface area contributed by atoms with Crippen molar-refractivity contribution >= 4 is 6.03 Å². The molecular formula is C7H15N3O. The van der Waals surface area contributed by atoms with E-state index in [1.54, 1.807) is 0 Å². The van der Waals surface area contributed by atoms with E-state index in [0.29, 0.717) is 5.41 Å². The molecule has 1 aliphatic rings. The monoisotopic (exact) mass is 157 g/mol. The van der Waals surface area contributed by atoms with E-state index in [-0.39, 0.29) is 6.03 Å². The summed E-state index contributed by atoms with van der Waals surface area (Å²) in [5.74, 6) is 4.90. The van der Waals surface area contributed by atoms with E-state index in [1.165, 1.54) is 19.3 Å². The van der Waals surface area contributed by atoms with E-state index >= 15 is 0 Å². The highest BCUT2D eigenvalue weighted by atomic mass is 16.2. The van der Waals surface area contributed by atoms with Gasteiger partial charge in [-0.25, -0.2) is 10.6 Å². The number of nitrogens with two attached hydrogens (primary N) is 1. The summed E-state index contributed by atoms with van der Waals surface area (Å²) in [5.41, 5.74) is 2.36. The molecule has 0 aliphatic heterocycles. The lowest BCUT2D eigenvalue weighted by Crippen LogP contribution is -2.46. The number of nitrogens with one attached hydrogen (secondary N) is 2. The molecule has 1 aliphatic carbocycles. The van der Waals surface area contributed by atoms with Crippen molar-refractivity contribution in [1.82, 2.24) is 10.7 Å². The summed E-state index contributed by atoms with van der Waals surface area (Å²) in [7, 11) is 0. The zero-order chi connectivity index (χ0) is 8.32. The van der Waals surface area contributed by atoms with Gasteiger partial charge >= 0.3 is 6.03 Å². The van der Waals surface area contributed by atoms with Gasteiger partial charge in [0.25, 0.3) is 0 Å². The van der Waals surface area contributed by atoms with Crippen molar-refractivity contribution in [3.63, 3.8) is 0 Å². The van der Waals surface area contributed by atoms with Crippen LogP contribution in [0.2, 0.25) is 0 Å². The van der Waals surface area contributed by atoms with Gasteiger partial charge in [0, 0.05) is 6.54 Å². The standard InChI is InChI=1S/C7H15N3O/c1-7(3-2-4-7)5-9-6(11)10-8/h2-5,8H2,1H3,(H2,9,10,11). The number of urea groups is 1. The van der Waals surface area contributed by atoms with Gasteiger partial charge in [-0.2, -0.15) is 0 Å². The Morgan fingerprint density at radius 2 is 2.27 bits per heavy atom. The van der Waals surface area contributed by atoms with Crippen molar-refractivity contribution in [3.8, 4) is 0 Å². The smallest absolute Gasteiger partial charge is 0.328 e. The molecular weight excluding hydrogens is 142 g/mol. The van der Waals surface area contributed by atoms with Gasteiger partial charge in [-0.1, -0.05) is 13.3 Å². The summed E-state index contributed by atoms with van der Waals surface area (Å²) < 4.78 is 0. The highest BCUT2D eigenvalue weighted by Crippen LogP contribution is 2.39. The first-order valence-electron chi connectivity index (χ1n) is 3.91. The van der Waals surface area contributed by atoms with Gasteiger partial charge in [0.05, 0.1) is 0 Å². The Kier molecular flexibility index (Phi) is 2.34. The van der Waals surface area contributed by atoms with Crippen LogP contribution in [-0.2, 0) is 0 Å². The summed E-state index contributed by atoms with van der Waals surface area (Å²) in [6, 6.07) is -0.293. The van der Waals surface area contributed by atoms with Gasteiger partial charge in [0.1, 0.15) is 0 Å². The predicted octanol–water partition coefficient (Wildman–Crippen LogP) is 0.349. The SMILES string of the molecule is CC1(CNC(=O)NN)CCC1. The molecule has 0 aromatic heterocycles. The van der Waals surface area contributed by atoms with Gasteiger partial charge in [-0.15, -0.1) is 0 Å². The second-order valence-corrected chi connectivity index (χ2v) is 3.49. The quantitative estimate of drug-likeness (QED) is 0.307. The van der Waals surface area contributed by atoms with Gasteiger partial charge in [0.15, 0.2) is 0 Å². The number of carbonyl (C=O) groups is 1. The zero-order valence-electron chi connectivity index (χ0n) is 6.81. The fraction of sp³-hybridized carbons (Fsp3) is 0.857. The van der Waals surface area contributed by atoms with E-state index in [2.05, 4.69) is 12.2 Å². The van der Waals surface area contributed by atoms with Crippen LogP contribution in [0.3, 0.4) is 0 Å². The van der Waals surface area contributed by atoms with Crippen LogP contribution >= 0.6 is 0 Å². The summed E-state index contributed by atoms with van der Waals surface area (Å²) in [4.78, 5) is 10.7. The van der Waals surface area contributed by atoms with E-state index in [0.717, 1.165) is 6.54 Å². The molecule has 64 valence electrons. The lowest BCUT2D eigenvalue weighted by atomic mass is 9.70. The number of hydrogen-bond donors (Lipinski definition) is 3. The predicted molar refractivity (Wildman–Crippen MR) is 42.7 cm³/mol. The average Bonchev–Trinajstić information content (AvgIpc) is 1.96. The molecule has 2 amide bonds. The van der Waals surface area contributed by atoms with E-state index < -0.39 is 0 Å². The van der Waals surface area contributed by atoms with E-state index in [9.17, 15) is 4.79 Å². The zero-order valence-corrected chi connectivity index (χ0v) is 6.81. The number of hydrogen-bond acceptors (Lipinski definition) is 2. The Hall–Kier alpha value is -0.770. The second kappa shape index (κ2) is 3.09. The second-order valence-electron chi connectivity index (χ2n) is 3.49. The van der Waals surface area contributed by atoms with Crippen molar-refractivity contribution in [3.05, 3.63) is 0 Å². The van der Waals surface area contributed by atoms with E-state index in [4.69, 9.17) is 5.84 Å². The summed E-state index contributed by atoms with van der Waals surface area (Å²) in [5, 5.41) is 2.70. The normalized spacial score (nSPS) is 20.2. The molecule has 1 saturated carbocycles. The molecule has 11 heavy (non-hydrogen) atoms. The van der Waals surface area contributed by atoms with Crippen LogP contribution in [0.4, 0.5) is 4.79 Å². The largest absolute Gasteiger partial charge is 0.337 e. The maximum Gasteiger partial charge on any atom is 0.328 e. The molecule has 1 rings (SSSR count). The number of hydrazine groups is 1. The minimum atomic E-state index is -0.293. The van der Waals surface area contributed by atoms with Gasteiger partial charge in [0.2, 0.25) is 0 Å². The Morgan fingerprint density at radius 1 is 1.64 bits per heavy atom. The van der Waals surface area contributed by atoms with Crippen molar-refractivity contribution in [2.75, 3.05) is 6.54 Å². The molecule has 4 nitrogen and oxygen atoms in total. The lowest BCUT2D eigenvalue weighted by Gasteiger charge is -2.38. The number of carbonyl (C=O) groups excluding carboxylic acids is 1. The first-order valence-corrected chi connectivity index (χ1v) is 3.91. The number of rotatable bonds is 2. The average molecular weight is 157 g/mol. The van der Waals surface area contributed by atoms with Crippen LogP contribution in [0.5, 0.6) is 0 Å². The molecule has 4 heteroatoms. The Labute approximate surface area is 66.5 Å². The van der Waals surface area contributed by atoms with Crippen molar-refractivity contribution < 1.29 is 4.79 Å². The van der Waals surface area contributed by atoms with Gasteiger partial charge in [-0.3, -0.25) is 5.43 Å². The van der Waals surface area contributed by atoms with Crippen molar-refractivity contribution in [2.24, 2.45) is 11.3 Å². The van der Waals surface area contributed by atoms with Crippen LogP contribution < -0.4 is 16.6 Å². The molecule has 0 aromatic rings. The maximum atomic E-state index is 10.7. The van der Waals surface area contributed by atoms with Crippen molar-refractivity contribution in [1.29, 1.82) is 0 Å².